The van der Waals surface area contributed by atoms with Crippen molar-refractivity contribution < 1.29 is 29.0 Å². The van der Waals surface area contributed by atoms with Crippen LogP contribution in [0.4, 0.5) is 0 Å². The molecule has 9 nitrogen and oxygen atoms in total. The molecule has 29 heavy (non-hydrogen) atoms. The molecule has 0 atom stereocenters. The van der Waals surface area contributed by atoms with Crippen molar-refractivity contribution in [3.63, 3.8) is 0 Å². The molecule has 2 N–H and O–H groups in total. The lowest BCUT2D eigenvalue weighted by Gasteiger charge is -2.10. The van der Waals surface area contributed by atoms with E-state index in [1.54, 1.807) is 18.2 Å². The number of hydrazone groups is 1. The van der Waals surface area contributed by atoms with Crippen molar-refractivity contribution in [1.29, 1.82) is 0 Å². The lowest BCUT2D eigenvalue weighted by molar-refractivity contribution is -0.255. The first kappa shape index (κ1) is 21.4. The standard InChI is InChI=1S/C20H21N3O6/c1-28-16-8-7-13(11-17(16)29-2)9-10-21-18(24)19(25)23-22-12-14-5-3-4-6-15(14)20(26)27/h3-8,11-12H,9-10H2,1-2H3,(H,21,24)(H,23,25)(H,26,27)/p-1/b22-12-. The number of carbonyl (C=O) groups excluding carboxylic acids is 3. The van der Waals surface area contributed by atoms with Crippen LogP contribution in [0.15, 0.2) is 47.6 Å². The number of hydrogen-bond acceptors (Lipinski definition) is 7. The molecule has 0 radical (unpaired) electrons. The Morgan fingerprint density at radius 1 is 1.03 bits per heavy atom. The molecule has 0 aliphatic carbocycles. The van der Waals surface area contributed by atoms with Crippen LogP contribution in [0.1, 0.15) is 21.5 Å². The summed E-state index contributed by atoms with van der Waals surface area (Å²) in [7, 11) is 3.07. The number of rotatable bonds is 8. The highest BCUT2D eigenvalue weighted by Gasteiger charge is 2.12. The van der Waals surface area contributed by atoms with Gasteiger partial charge in [0.2, 0.25) is 0 Å². The fourth-order valence-electron chi connectivity index (χ4n) is 2.44. The predicted octanol–water partition coefficient (Wildman–Crippen LogP) is -0.124. The van der Waals surface area contributed by atoms with Gasteiger partial charge in [0.1, 0.15) is 0 Å². The normalized spacial score (nSPS) is 10.4. The summed E-state index contributed by atoms with van der Waals surface area (Å²) in [5.41, 5.74) is 3.10. The molecule has 2 amide bonds. The monoisotopic (exact) mass is 398 g/mol. The number of carboxylic acids is 1. The largest absolute Gasteiger partial charge is 0.545 e. The Labute approximate surface area is 167 Å². The van der Waals surface area contributed by atoms with E-state index in [4.69, 9.17) is 9.47 Å². The molecule has 152 valence electrons. The first-order valence-corrected chi connectivity index (χ1v) is 8.58. The number of hydrogen-bond donors (Lipinski definition) is 2. The predicted molar refractivity (Wildman–Crippen MR) is 103 cm³/mol. The number of nitrogens with zero attached hydrogens (tertiary/aromatic N) is 1. The molecule has 0 heterocycles. The number of amides is 2. The molecule has 0 saturated heterocycles. The number of carboxylic acid groups (broad SMARTS) is 1. The fraction of sp³-hybridized carbons (Fsp3) is 0.200. The third-order valence-corrected chi connectivity index (χ3v) is 3.90. The highest BCUT2D eigenvalue weighted by atomic mass is 16.5. The van der Waals surface area contributed by atoms with Gasteiger partial charge in [-0.1, -0.05) is 30.3 Å². The van der Waals surface area contributed by atoms with Gasteiger partial charge in [-0.05, 0) is 24.1 Å². The summed E-state index contributed by atoms with van der Waals surface area (Å²) < 4.78 is 10.4. The molecule has 0 aliphatic heterocycles. The molecule has 2 aromatic carbocycles. The number of aromatic carboxylic acids is 1. The molecule has 2 aromatic rings. The molecule has 0 saturated carbocycles. The average Bonchev–Trinajstić information content (AvgIpc) is 2.73. The molecule has 2 rings (SSSR count). The number of methoxy groups -OCH3 is 2. The van der Waals surface area contributed by atoms with Gasteiger partial charge in [0, 0.05) is 17.7 Å². The second-order valence-electron chi connectivity index (χ2n) is 5.77. The van der Waals surface area contributed by atoms with Crippen molar-refractivity contribution >= 4 is 24.0 Å². The van der Waals surface area contributed by atoms with E-state index < -0.39 is 17.8 Å². The zero-order chi connectivity index (χ0) is 21.2. The van der Waals surface area contributed by atoms with Crippen LogP contribution in [-0.4, -0.2) is 44.8 Å². The topological polar surface area (TPSA) is 129 Å². The van der Waals surface area contributed by atoms with E-state index in [-0.39, 0.29) is 17.7 Å². The van der Waals surface area contributed by atoms with E-state index >= 15 is 0 Å². The van der Waals surface area contributed by atoms with Crippen LogP contribution < -0.4 is 25.3 Å². The minimum atomic E-state index is -1.37. The van der Waals surface area contributed by atoms with Gasteiger partial charge in [-0.3, -0.25) is 9.59 Å². The highest BCUT2D eigenvalue weighted by molar-refractivity contribution is 6.35. The Hall–Kier alpha value is -3.88. The second kappa shape index (κ2) is 10.5. The van der Waals surface area contributed by atoms with E-state index in [1.165, 1.54) is 32.4 Å². The zero-order valence-corrected chi connectivity index (χ0v) is 15.9. The maximum absolute atomic E-state index is 11.8. The summed E-state index contributed by atoms with van der Waals surface area (Å²) in [4.78, 5) is 34.6. The summed E-state index contributed by atoms with van der Waals surface area (Å²) in [6.45, 7) is 0.221. The summed E-state index contributed by atoms with van der Waals surface area (Å²) in [5.74, 6) is -2.04. The third-order valence-electron chi connectivity index (χ3n) is 3.90. The molecular formula is C20H20N3O6-. The summed E-state index contributed by atoms with van der Waals surface area (Å²) in [6.07, 6.45) is 1.60. The van der Waals surface area contributed by atoms with Gasteiger partial charge < -0.3 is 24.7 Å². The first-order valence-electron chi connectivity index (χ1n) is 8.58. The van der Waals surface area contributed by atoms with E-state index in [0.717, 1.165) is 11.8 Å². The second-order valence-corrected chi connectivity index (χ2v) is 5.77. The summed E-state index contributed by atoms with van der Waals surface area (Å²) in [5, 5.41) is 17.1. The van der Waals surface area contributed by atoms with Gasteiger partial charge in [0.15, 0.2) is 11.5 Å². The SMILES string of the molecule is COc1ccc(CCNC(=O)C(=O)N/N=C\c2ccccc2C(=O)[O-])cc1OC. The molecule has 0 unspecified atom stereocenters. The zero-order valence-electron chi connectivity index (χ0n) is 15.9. The Balaban J connectivity index is 1.84. The maximum Gasteiger partial charge on any atom is 0.329 e. The third kappa shape index (κ3) is 6.06. The fourth-order valence-corrected chi connectivity index (χ4v) is 2.44. The van der Waals surface area contributed by atoms with Crippen molar-refractivity contribution in [3.05, 3.63) is 59.2 Å². The van der Waals surface area contributed by atoms with Crippen LogP contribution in [0, 0.1) is 0 Å². The van der Waals surface area contributed by atoms with Crippen molar-refractivity contribution in [3.8, 4) is 11.5 Å². The summed E-state index contributed by atoms with van der Waals surface area (Å²) in [6, 6.07) is 11.3. The molecule has 0 spiro atoms. The molecule has 0 aromatic heterocycles. The van der Waals surface area contributed by atoms with E-state index in [0.29, 0.717) is 17.9 Å². The van der Waals surface area contributed by atoms with E-state index in [2.05, 4.69) is 10.4 Å². The minimum Gasteiger partial charge on any atom is -0.545 e. The van der Waals surface area contributed by atoms with Crippen LogP contribution >= 0.6 is 0 Å². The van der Waals surface area contributed by atoms with Gasteiger partial charge >= 0.3 is 11.8 Å². The maximum atomic E-state index is 11.8. The van der Waals surface area contributed by atoms with Gasteiger partial charge in [-0.15, -0.1) is 0 Å². The van der Waals surface area contributed by atoms with Gasteiger partial charge in [0.25, 0.3) is 0 Å². The number of ether oxygens (including phenoxy) is 2. The van der Waals surface area contributed by atoms with E-state index in [9.17, 15) is 19.5 Å². The van der Waals surface area contributed by atoms with Gasteiger partial charge in [-0.2, -0.15) is 5.10 Å². The first-order chi connectivity index (χ1) is 14.0. The molecule has 0 fully saturated rings. The molecular weight excluding hydrogens is 378 g/mol. The lowest BCUT2D eigenvalue weighted by atomic mass is 10.1. The number of benzene rings is 2. The Morgan fingerprint density at radius 3 is 2.45 bits per heavy atom. The molecule has 0 aliphatic rings. The van der Waals surface area contributed by atoms with Crippen LogP contribution in [0.3, 0.4) is 0 Å². The van der Waals surface area contributed by atoms with Crippen LogP contribution in [0.2, 0.25) is 0 Å². The minimum absolute atomic E-state index is 0.0788. The Kier molecular flexibility index (Phi) is 7.72. The summed E-state index contributed by atoms with van der Waals surface area (Å²) >= 11 is 0. The smallest absolute Gasteiger partial charge is 0.329 e. The van der Waals surface area contributed by atoms with Gasteiger partial charge in [0.05, 0.1) is 26.4 Å². The lowest BCUT2D eigenvalue weighted by Crippen LogP contribution is -2.38. The number of nitrogens with one attached hydrogen (secondary N) is 2. The van der Waals surface area contributed by atoms with Crippen molar-refractivity contribution in [1.82, 2.24) is 10.7 Å². The quantitative estimate of drug-likeness (QED) is 0.362. The number of carbonyl (C=O) groups is 3. The van der Waals surface area contributed by atoms with Crippen LogP contribution in [0.5, 0.6) is 11.5 Å². The van der Waals surface area contributed by atoms with Gasteiger partial charge in [-0.25, -0.2) is 5.43 Å². The van der Waals surface area contributed by atoms with Crippen molar-refractivity contribution in [2.24, 2.45) is 5.10 Å². The van der Waals surface area contributed by atoms with E-state index in [1.807, 2.05) is 11.5 Å². The molecule has 9 heteroatoms. The molecule has 0 bridgehead atoms. The van der Waals surface area contributed by atoms with Crippen molar-refractivity contribution in [2.45, 2.75) is 6.42 Å². The highest BCUT2D eigenvalue weighted by Crippen LogP contribution is 2.27. The van der Waals surface area contributed by atoms with Crippen LogP contribution in [0.25, 0.3) is 0 Å². The Morgan fingerprint density at radius 2 is 1.76 bits per heavy atom. The van der Waals surface area contributed by atoms with Crippen LogP contribution in [-0.2, 0) is 16.0 Å². The van der Waals surface area contributed by atoms with Crippen molar-refractivity contribution in [2.75, 3.05) is 20.8 Å². The Bertz CT molecular complexity index is 926. The average molecular weight is 398 g/mol.